The number of halogens is 3. The molecular formula is C113H167Br3N6O14. The van der Waals surface area contributed by atoms with Gasteiger partial charge in [-0.2, -0.15) is 9.15 Å². The summed E-state index contributed by atoms with van der Waals surface area (Å²) < 4.78 is 44.4. The first-order chi connectivity index (χ1) is 61.8. The van der Waals surface area contributed by atoms with E-state index in [1.165, 1.54) is 90.3 Å². The third-order valence-electron chi connectivity index (χ3n) is 26.0. The monoisotopic (exact) mass is 2070 g/mol. The molecule has 0 N–H and O–H groups in total. The topological polar surface area (TPSA) is 204 Å². The van der Waals surface area contributed by atoms with Crippen LogP contribution in [0.5, 0.6) is 0 Å². The summed E-state index contributed by atoms with van der Waals surface area (Å²) in [6.45, 7) is 53.1. The van der Waals surface area contributed by atoms with E-state index in [4.69, 9.17) is 23.7 Å². The third kappa shape index (κ3) is 31.4. The van der Waals surface area contributed by atoms with Gasteiger partial charge < -0.3 is 86.6 Å². The van der Waals surface area contributed by atoms with Crippen molar-refractivity contribution >= 4 is 103 Å². The van der Waals surface area contributed by atoms with E-state index in [1.807, 2.05) is 54.5 Å². The van der Waals surface area contributed by atoms with Gasteiger partial charge in [-0.25, -0.2) is 0 Å². The predicted octanol–water partition coefficient (Wildman–Crippen LogP) is 19.9. The van der Waals surface area contributed by atoms with Crippen molar-refractivity contribution in [2.75, 3.05) is 107 Å². The highest BCUT2D eigenvalue weighted by Gasteiger charge is 2.53. The van der Waals surface area contributed by atoms with E-state index in [1.54, 1.807) is 14.2 Å². The second kappa shape index (κ2) is 58.7. The zero-order valence-corrected chi connectivity index (χ0v) is 88.2. The number of nitrogens with zero attached hydrogens (tertiary/aromatic N) is 6. The lowest BCUT2D eigenvalue weighted by Gasteiger charge is -2.43. The fraction of sp³-hybridized carbons (Fsp3) is 0.531. The van der Waals surface area contributed by atoms with Gasteiger partial charge in [0.25, 0.3) is 0 Å². The highest BCUT2D eigenvalue weighted by Crippen LogP contribution is 2.54. The van der Waals surface area contributed by atoms with Crippen LogP contribution in [0, 0.1) is 0 Å². The zero-order chi connectivity index (χ0) is 95.8. The van der Waals surface area contributed by atoms with Crippen molar-refractivity contribution in [3.8, 4) is 0 Å². The van der Waals surface area contributed by atoms with E-state index in [0.717, 1.165) is 82.3 Å². The van der Waals surface area contributed by atoms with Gasteiger partial charge in [-0.1, -0.05) is 228 Å². The molecule has 0 aliphatic carbocycles. The average molecular weight is 2070 g/mol. The highest BCUT2D eigenvalue weighted by atomic mass is 79.9. The van der Waals surface area contributed by atoms with E-state index in [0.29, 0.717) is 78.2 Å². The molecule has 0 spiro atoms. The minimum atomic E-state index is -0.313. The van der Waals surface area contributed by atoms with Gasteiger partial charge in [0.2, 0.25) is 11.4 Å². The van der Waals surface area contributed by atoms with Crippen LogP contribution in [0.15, 0.2) is 198 Å². The van der Waals surface area contributed by atoms with Crippen molar-refractivity contribution in [1.82, 2.24) is 0 Å². The zero-order valence-electron chi connectivity index (χ0n) is 83.4. The number of alkyl halides is 1. The predicted molar refractivity (Wildman–Crippen MR) is 559 cm³/mol. The van der Waals surface area contributed by atoms with Gasteiger partial charge in [0, 0.05) is 170 Å². The Bertz CT molecular complexity index is 5030. The number of rotatable bonds is 35. The molecule has 20 nitrogen and oxygen atoms in total. The Kier molecular flexibility index (Phi) is 53.9. The van der Waals surface area contributed by atoms with Crippen LogP contribution in [0.1, 0.15) is 292 Å². The highest BCUT2D eigenvalue weighted by molar-refractivity contribution is 9.09. The smallest absolute Gasteiger partial charge is 0.306 e. The van der Waals surface area contributed by atoms with Crippen molar-refractivity contribution in [2.45, 2.75) is 303 Å². The van der Waals surface area contributed by atoms with Crippen molar-refractivity contribution in [3.05, 3.63) is 227 Å². The molecule has 0 saturated carbocycles. The van der Waals surface area contributed by atoms with Gasteiger partial charge >= 0.3 is 35.8 Å². The van der Waals surface area contributed by atoms with Gasteiger partial charge in [0.1, 0.15) is 13.1 Å². The van der Waals surface area contributed by atoms with Crippen molar-refractivity contribution < 1.29 is 110 Å². The SMILES string of the molecule is C.C.C.C.CC1=Nc2ccccc2C1(C)C.CCOC(=O)CCCBr.CCOC(=O)CCCN1/C(=C/C=C/C2(C)N(CCCC(=O)OCC)c3ccccc3C2(C)C)C(C)(C)c2ccccc21.CCOC(=O)CCCN1C(=CC=CC2=[N+](CCCC(=O)OCC)c3ccccc3C2(C)C)C(C)(C)c2ccccc21.CCOC(=O)CCC[N+]1=C(C)C(C)(C)c2ccccc21.COC(C)OC.[Br-].[Br-]. The van der Waals surface area contributed by atoms with Crippen LogP contribution in [0.2, 0.25) is 0 Å². The largest absolute Gasteiger partial charge is 1.00 e. The van der Waals surface area contributed by atoms with Gasteiger partial charge in [0.05, 0.1) is 74.5 Å². The number of hydrogen-bond donors (Lipinski definition) is 0. The second-order valence-electron chi connectivity index (χ2n) is 36.4. The summed E-state index contributed by atoms with van der Waals surface area (Å²) in [5.74, 6) is -0.779. The Morgan fingerprint density at radius 2 is 0.735 bits per heavy atom. The number of carbonyl (C=O) groups is 6. The number of para-hydroxylation sites is 6. The molecule has 1 atom stereocenters. The summed E-state index contributed by atoms with van der Waals surface area (Å²) >= 11 is 3.22. The van der Waals surface area contributed by atoms with E-state index < -0.39 is 0 Å². The number of anilines is 3. The lowest BCUT2D eigenvalue weighted by Crippen LogP contribution is -3.00. The van der Waals surface area contributed by atoms with Crippen LogP contribution in [0.4, 0.5) is 34.1 Å². The summed E-state index contributed by atoms with van der Waals surface area (Å²) in [6, 6.07) is 51.2. The van der Waals surface area contributed by atoms with Crippen LogP contribution in [0.25, 0.3) is 0 Å². The van der Waals surface area contributed by atoms with Crippen LogP contribution in [-0.4, -0.2) is 166 Å². The maximum absolute atomic E-state index is 12.1. The Morgan fingerprint density at radius 3 is 1.14 bits per heavy atom. The number of benzene rings is 6. The molecule has 6 aromatic rings. The standard InChI is InChI=1S/C36H48N2O4.C35H45N2O4.C17H24NO2.C11H13N.C6H11BrO2.C4H10O2.4CH4.2BrH/c1-8-41-32(39)22-15-25-37-29-19-12-10-17-27(29)34(3,4)31(37)21-14-24-36(7)35(5,6)28-18-11-13-20-30(28)38(36)26-16-23-33(40)42-9-2;1-7-40-32(38)22-14-24-36-28-18-11-9-16-26(28)34(3,4)30(36)20-13-21-31-35(5,6)27-17-10-12-19-29(27)37(31)25-15-23-33(39)41-8-2;1-5-20-16(19)11-8-12-18-13(2)17(3,4)14-9-6-7-10-15(14)18;1-8-11(2,3)9-6-4-5-7-10(9)12-8;1-2-9-6(8)4-3-5-7;1-4(5-2)6-3;;;;;;/h10-14,17-21,24H,8-9,15-16,22-23,25-26H2,1-7H3;9-13,16-21H,7-8,14-15,22-25H2,1-6H3;6-7,9-10H,5,8,11-12H2,1-4H3;4-7H,1-3H3;2-5H2,1H3;4H,1-3H3;4*1H4;2*1H/q;2*+1;;;;;;;;;/p-2/b24-14+,31-21+;;;;;;;;;;;. The molecule has 23 heteroatoms. The number of allylic oxidation sites excluding steroid dienone is 7. The molecule has 0 bridgehead atoms. The molecule has 0 fully saturated rings. The number of esters is 6. The molecule has 6 aromatic carbocycles. The fourth-order valence-corrected chi connectivity index (χ4v) is 18.2. The van der Waals surface area contributed by atoms with E-state index in [9.17, 15) is 28.8 Å². The molecular weight excluding hydrogens is 1900 g/mol. The summed E-state index contributed by atoms with van der Waals surface area (Å²) in [6.07, 6.45) is 20.6. The number of aliphatic imine (C=N–C) groups is 1. The molecule has 12 rings (SSSR count). The third-order valence-corrected chi connectivity index (χ3v) is 26.6. The van der Waals surface area contributed by atoms with Crippen LogP contribution in [-0.2, 0) is 99.2 Å². The van der Waals surface area contributed by atoms with Crippen molar-refractivity contribution in [3.63, 3.8) is 0 Å². The summed E-state index contributed by atoms with van der Waals surface area (Å²) in [7, 11) is 3.21. The molecule has 0 saturated heterocycles. The molecule has 0 aromatic heterocycles. The fourth-order valence-electron chi connectivity index (χ4n) is 17.9. The van der Waals surface area contributed by atoms with Crippen molar-refractivity contribution in [2.24, 2.45) is 4.99 Å². The lowest BCUT2D eigenvalue weighted by molar-refractivity contribution is -0.439. The first-order valence-electron chi connectivity index (χ1n) is 46.9. The van der Waals surface area contributed by atoms with Crippen LogP contribution in [0.3, 0.4) is 0 Å². The lowest BCUT2D eigenvalue weighted by atomic mass is 9.71. The minimum absolute atomic E-state index is 0. The normalized spacial score (nSPS) is 16.9. The number of ether oxygens (including phenoxy) is 8. The molecule has 6 aliphatic heterocycles. The maximum atomic E-state index is 12.1. The van der Waals surface area contributed by atoms with E-state index in [2.05, 4.69) is 339 Å². The van der Waals surface area contributed by atoms with Crippen LogP contribution < -0.4 is 48.7 Å². The molecule has 754 valence electrons. The number of carbonyl (C=O) groups excluding carboxylic acids is 6. The minimum Gasteiger partial charge on any atom is -1.00 e. The maximum Gasteiger partial charge on any atom is 0.306 e. The summed E-state index contributed by atoms with van der Waals surface area (Å²) in [4.78, 5) is 81.9. The van der Waals surface area contributed by atoms with Gasteiger partial charge in [-0.05, 0) is 174 Å². The Balaban J connectivity index is 0.000000904. The molecule has 0 radical (unpaired) electrons. The van der Waals surface area contributed by atoms with Gasteiger partial charge in [-0.3, -0.25) is 33.8 Å². The Labute approximate surface area is 848 Å². The van der Waals surface area contributed by atoms with E-state index in [-0.39, 0.29) is 144 Å². The summed E-state index contributed by atoms with van der Waals surface area (Å²) in [5.41, 5.74) is 20.5. The number of methoxy groups -OCH3 is 2. The number of hydrogen-bond acceptors (Lipinski definition) is 18. The molecule has 0 amide bonds. The van der Waals surface area contributed by atoms with Gasteiger partial charge in [-0.15, -0.1) is 0 Å². The van der Waals surface area contributed by atoms with Crippen molar-refractivity contribution in [1.29, 1.82) is 0 Å². The Hall–Kier alpha value is -9.13. The average Bonchev–Trinajstić information content (AvgIpc) is 1.55. The summed E-state index contributed by atoms with van der Waals surface area (Å²) in [5, 5.41) is 0.867. The first kappa shape index (κ1) is 125. The second-order valence-corrected chi connectivity index (χ2v) is 37.2. The van der Waals surface area contributed by atoms with Gasteiger partial charge in [0.15, 0.2) is 17.7 Å². The molecule has 6 aliphatic rings. The molecule has 1 unspecified atom stereocenters. The molecule has 136 heavy (non-hydrogen) atoms. The van der Waals surface area contributed by atoms with Crippen LogP contribution >= 0.6 is 15.9 Å². The first-order valence-corrected chi connectivity index (χ1v) is 48.0. The van der Waals surface area contributed by atoms with E-state index >= 15 is 0 Å². The quantitative estimate of drug-likeness (QED) is 0.0119. The number of fused-ring (bicyclic) bond motifs is 6. The Morgan fingerprint density at radius 1 is 0.397 bits per heavy atom. The molecule has 6 heterocycles.